The van der Waals surface area contributed by atoms with Crippen LogP contribution < -0.4 is 14.2 Å². The van der Waals surface area contributed by atoms with E-state index in [1.807, 2.05) is 22.6 Å². The van der Waals surface area contributed by atoms with Crippen LogP contribution in [0.2, 0.25) is 0 Å². The van der Waals surface area contributed by atoms with E-state index in [9.17, 15) is 18.0 Å². The maximum atomic E-state index is 13.5. The number of aryl methyl sites for hydroxylation is 1. The number of alkyl halides is 3. The van der Waals surface area contributed by atoms with Gasteiger partial charge in [-0.2, -0.15) is 13.2 Å². The number of halogens is 4. The molecule has 0 spiro atoms. The molecule has 29 heavy (non-hydrogen) atoms. The van der Waals surface area contributed by atoms with Crippen LogP contribution in [0.1, 0.15) is 30.5 Å². The zero-order valence-corrected chi connectivity index (χ0v) is 18.2. The molecule has 2 rings (SSSR count). The number of ether oxygens (including phenoxy) is 4. The summed E-state index contributed by atoms with van der Waals surface area (Å²) in [5.41, 5.74) is 0.0104. The Labute approximate surface area is 180 Å². The van der Waals surface area contributed by atoms with E-state index in [1.54, 1.807) is 26.0 Å². The lowest BCUT2D eigenvalue weighted by Crippen LogP contribution is -2.13. The minimum Gasteiger partial charge on any atom is -0.493 e. The highest BCUT2D eigenvalue weighted by Crippen LogP contribution is 2.40. The number of rotatable bonds is 7. The second-order valence-corrected chi connectivity index (χ2v) is 6.96. The van der Waals surface area contributed by atoms with Crippen LogP contribution in [-0.4, -0.2) is 19.9 Å². The van der Waals surface area contributed by atoms with Gasteiger partial charge in [-0.25, -0.2) is 4.79 Å². The fourth-order valence-electron chi connectivity index (χ4n) is 2.57. The van der Waals surface area contributed by atoms with E-state index in [-0.39, 0.29) is 18.1 Å². The van der Waals surface area contributed by atoms with E-state index in [1.165, 1.54) is 12.1 Å². The van der Waals surface area contributed by atoms with Gasteiger partial charge in [-0.15, -0.1) is 0 Å². The topological polar surface area (TPSA) is 54.0 Å². The highest BCUT2D eigenvalue weighted by molar-refractivity contribution is 14.1. The molecule has 0 atom stereocenters. The van der Waals surface area contributed by atoms with Crippen molar-refractivity contribution in [2.45, 2.75) is 33.1 Å². The van der Waals surface area contributed by atoms with E-state index in [0.717, 1.165) is 13.2 Å². The summed E-state index contributed by atoms with van der Waals surface area (Å²) in [5, 5.41) is 0. The molecule has 2 aromatic carbocycles. The lowest BCUT2D eigenvalue weighted by atomic mass is 10.1. The Bertz CT molecular complexity index is 868. The lowest BCUT2D eigenvalue weighted by Gasteiger charge is -2.18. The fraction of sp³-hybridized carbons (Fsp3) is 0.350. The minimum atomic E-state index is -4.58. The molecule has 2 aromatic rings. The Kier molecular flexibility index (Phi) is 8.00. The van der Waals surface area contributed by atoms with Gasteiger partial charge in [0.15, 0.2) is 0 Å². The summed E-state index contributed by atoms with van der Waals surface area (Å²) in [4.78, 5) is 11.5. The molecule has 0 saturated heterocycles. The molecular weight excluding hydrogens is 504 g/mol. The predicted octanol–water partition coefficient (Wildman–Crippen LogP) is 6.00. The quantitative estimate of drug-likeness (QED) is 0.253. The highest BCUT2D eigenvalue weighted by atomic mass is 127. The molecule has 0 amide bonds. The molecule has 158 valence electrons. The molecule has 0 saturated carbocycles. The molecule has 0 aliphatic rings. The van der Waals surface area contributed by atoms with Crippen LogP contribution in [0.4, 0.5) is 18.0 Å². The Morgan fingerprint density at radius 2 is 1.76 bits per heavy atom. The first-order valence-corrected chi connectivity index (χ1v) is 9.82. The summed E-state index contributed by atoms with van der Waals surface area (Å²) in [6.45, 7) is 3.55. The zero-order valence-electron chi connectivity index (χ0n) is 16.1. The van der Waals surface area contributed by atoms with Gasteiger partial charge in [0.25, 0.3) is 0 Å². The van der Waals surface area contributed by atoms with Crippen molar-refractivity contribution in [2.75, 3.05) is 13.7 Å². The van der Waals surface area contributed by atoms with Crippen LogP contribution in [0.15, 0.2) is 30.3 Å². The monoisotopic (exact) mass is 524 g/mol. The smallest absolute Gasteiger partial charge is 0.493 e. The molecular formula is C20H20F3IO5. The van der Waals surface area contributed by atoms with E-state index in [4.69, 9.17) is 14.2 Å². The third-order valence-corrected chi connectivity index (χ3v) is 4.96. The molecule has 0 unspecified atom stereocenters. The van der Waals surface area contributed by atoms with Gasteiger partial charge in [0.05, 0.1) is 24.8 Å². The van der Waals surface area contributed by atoms with Crippen molar-refractivity contribution in [3.05, 3.63) is 50.6 Å². The first-order chi connectivity index (χ1) is 13.7. The third kappa shape index (κ3) is 5.91. The molecule has 0 fully saturated rings. The molecule has 0 aliphatic carbocycles. The summed E-state index contributed by atoms with van der Waals surface area (Å²) < 4.78 is 61.8. The van der Waals surface area contributed by atoms with Crippen LogP contribution in [0.25, 0.3) is 0 Å². The van der Waals surface area contributed by atoms with Gasteiger partial charge in [-0.1, -0.05) is 13.0 Å². The van der Waals surface area contributed by atoms with Crippen LogP contribution in [0, 0.1) is 3.57 Å². The van der Waals surface area contributed by atoms with Crippen molar-refractivity contribution in [1.29, 1.82) is 0 Å². The summed E-state index contributed by atoms with van der Waals surface area (Å²) >= 11 is 1.98. The van der Waals surface area contributed by atoms with Gasteiger partial charge < -0.3 is 18.9 Å². The van der Waals surface area contributed by atoms with E-state index in [2.05, 4.69) is 4.74 Å². The number of carbonyl (C=O) groups excluding carboxylic acids is 1. The maximum Gasteiger partial charge on any atom is 0.513 e. The van der Waals surface area contributed by atoms with Crippen molar-refractivity contribution in [3.63, 3.8) is 0 Å². The van der Waals surface area contributed by atoms with Crippen LogP contribution in [0.5, 0.6) is 17.2 Å². The Morgan fingerprint density at radius 3 is 2.34 bits per heavy atom. The van der Waals surface area contributed by atoms with Gasteiger partial charge in [-0.3, -0.25) is 0 Å². The van der Waals surface area contributed by atoms with Gasteiger partial charge in [-0.05, 0) is 65.8 Å². The average Bonchev–Trinajstić information content (AvgIpc) is 2.66. The lowest BCUT2D eigenvalue weighted by molar-refractivity contribution is -0.139. The fourth-order valence-corrected chi connectivity index (χ4v) is 3.39. The number of carbonyl (C=O) groups is 1. The van der Waals surface area contributed by atoms with E-state index < -0.39 is 17.9 Å². The first-order valence-electron chi connectivity index (χ1n) is 8.74. The second kappa shape index (κ2) is 10.0. The first kappa shape index (κ1) is 23.1. The maximum absolute atomic E-state index is 13.5. The molecule has 0 N–H and O–H groups in total. The average molecular weight is 524 g/mol. The summed E-state index contributed by atoms with van der Waals surface area (Å²) in [5.74, 6) is 0.105. The number of benzene rings is 2. The highest BCUT2D eigenvalue weighted by Gasteiger charge is 2.35. The summed E-state index contributed by atoms with van der Waals surface area (Å²) in [6, 6.07) is 7.13. The SMILES string of the molecule is CCOc1cccc(OC(=O)OC)c1COc1cc(I)c(CC)cc1C(F)(F)F. The van der Waals surface area contributed by atoms with Gasteiger partial charge in [0.1, 0.15) is 23.9 Å². The van der Waals surface area contributed by atoms with E-state index >= 15 is 0 Å². The van der Waals surface area contributed by atoms with Crippen molar-refractivity contribution in [3.8, 4) is 17.2 Å². The van der Waals surface area contributed by atoms with Gasteiger partial charge >= 0.3 is 12.3 Å². The Morgan fingerprint density at radius 1 is 1.07 bits per heavy atom. The van der Waals surface area contributed by atoms with Crippen LogP contribution in [0.3, 0.4) is 0 Å². The molecule has 0 radical (unpaired) electrons. The standard InChI is InChI=1S/C20H20F3IO5/c1-4-12-9-14(20(21,22)23)18(10-15(12)24)28-11-13-16(27-5-2)7-6-8-17(13)29-19(25)26-3/h6-10H,4-5,11H2,1-3H3. The summed E-state index contributed by atoms with van der Waals surface area (Å²) in [6.07, 6.45) is -5.07. The zero-order chi connectivity index (χ0) is 21.6. The number of methoxy groups -OCH3 is 1. The largest absolute Gasteiger partial charge is 0.513 e. The van der Waals surface area contributed by atoms with Gasteiger partial charge in [0, 0.05) is 3.57 Å². The molecule has 9 heteroatoms. The summed E-state index contributed by atoms with van der Waals surface area (Å²) in [7, 11) is 1.15. The minimum absolute atomic E-state index is 0.0798. The van der Waals surface area contributed by atoms with Crippen molar-refractivity contribution in [1.82, 2.24) is 0 Å². The molecule has 0 aliphatic heterocycles. The Balaban J connectivity index is 2.42. The van der Waals surface area contributed by atoms with Crippen LogP contribution in [-0.2, 0) is 23.9 Å². The van der Waals surface area contributed by atoms with E-state index in [0.29, 0.717) is 33.5 Å². The molecule has 0 heterocycles. The molecule has 0 bridgehead atoms. The molecule has 5 nitrogen and oxygen atoms in total. The van der Waals surface area contributed by atoms with Crippen molar-refractivity contribution in [2.24, 2.45) is 0 Å². The predicted molar refractivity (Wildman–Crippen MR) is 109 cm³/mol. The second-order valence-electron chi connectivity index (χ2n) is 5.80. The normalized spacial score (nSPS) is 11.1. The van der Waals surface area contributed by atoms with Crippen molar-refractivity contribution >= 4 is 28.7 Å². The number of hydrogen-bond acceptors (Lipinski definition) is 5. The Hall–Kier alpha value is -2.17. The molecule has 0 aromatic heterocycles. The van der Waals surface area contributed by atoms with Crippen molar-refractivity contribution < 1.29 is 36.9 Å². The third-order valence-electron chi connectivity index (χ3n) is 3.96. The van der Waals surface area contributed by atoms with Crippen LogP contribution >= 0.6 is 22.6 Å². The number of hydrogen-bond donors (Lipinski definition) is 0. The van der Waals surface area contributed by atoms with Gasteiger partial charge in [0.2, 0.25) is 0 Å².